The first-order chi connectivity index (χ1) is 9.61. The molecule has 2 nitrogen and oxygen atoms in total. The molecule has 20 heavy (non-hydrogen) atoms. The van der Waals surface area contributed by atoms with E-state index < -0.39 is 5.82 Å². The highest BCUT2D eigenvalue weighted by Crippen LogP contribution is 2.20. The van der Waals surface area contributed by atoms with Crippen LogP contribution in [0.2, 0.25) is 5.02 Å². The van der Waals surface area contributed by atoms with Crippen LogP contribution in [0.1, 0.15) is 35.3 Å². The Morgan fingerprint density at radius 3 is 2.55 bits per heavy atom. The van der Waals surface area contributed by atoms with Crippen molar-refractivity contribution in [2.45, 2.75) is 19.4 Å². The van der Waals surface area contributed by atoms with Gasteiger partial charge in [0, 0.05) is 0 Å². The second kappa shape index (κ2) is 6.53. The lowest BCUT2D eigenvalue weighted by molar-refractivity contribution is 0.0935. The molecule has 0 heterocycles. The fourth-order valence-corrected chi connectivity index (χ4v) is 2.27. The standard InChI is InChI=1S/C16H15ClFNO/c1-2-15(11-6-4-3-5-7-11)19-16(20)13-9-8-12(18)10-14(13)17/h3-10,15H,2H2,1H3,(H,19,20)/t15-/m0/s1. The van der Waals surface area contributed by atoms with Crippen molar-refractivity contribution in [3.8, 4) is 0 Å². The smallest absolute Gasteiger partial charge is 0.253 e. The van der Waals surface area contributed by atoms with Gasteiger partial charge in [-0.3, -0.25) is 4.79 Å². The van der Waals surface area contributed by atoms with E-state index in [0.717, 1.165) is 18.1 Å². The predicted molar refractivity (Wildman–Crippen MR) is 78.4 cm³/mol. The summed E-state index contributed by atoms with van der Waals surface area (Å²) in [4.78, 5) is 12.2. The van der Waals surface area contributed by atoms with Crippen LogP contribution in [0.3, 0.4) is 0 Å². The number of carbonyl (C=O) groups is 1. The van der Waals surface area contributed by atoms with Crippen molar-refractivity contribution in [1.82, 2.24) is 5.32 Å². The lowest BCUT2D eigenvalue weighted by atomic mass is 10.0. The third kappa shape index (κ3) is 3.36. The summed E-state index contributed by atoms with van der Waals surface area (Å²) in [6.07, 6.45) is 0.758. The molecule has 1 atom stereocenters. The Bertz CT molecular complexity index is 601. The van der Waals surface area contributed by atoms with Crippen LogP contribution in [0.15, 0.2) is 48.5 Å². The van der Waals surface area contributed by atoms with Gasteiger partial charge in [-0.1, -0.05) is 48.9 Å². The van der Waals surface area contributed by atoms with Crippen LogP contribution in [-0.2, 0) is 0 Å². The van der Waals surface area contributed by atoms with Crippen LogP contribution in [0.25, 0.3) is 0 Å². The number of amides is 1. The van der Waals surface area contributed by atoms with E-state index in [2.05, 4.69) is 5.32 Å². The number of nitrogens with one attached hydrogen (secondary N) is 1. The average molecular weight is 292 g/mol. The molecule has 0 aromatic heterocycles. The Labute approximate surface area is 122 Å². The van der Waals surface area contributed by atoms with Crippen LogP contribution in [0, 0.1) is 5.82 Å². The predicted octanol–water partition coefficient (Wildman–Crippen LogP) is 4.36. The largest absolute Gasteiger partial charge is 0.345 e. The number of halogens is 2. The molecule has 4 heteroatoms. The van der Waals surface area contributed by atoms with Crippen molar-refractivity contribution in [2.24, 2.45) is 0 Å². The third-order valence-electron chi connectivity index (χ3n) is 3.09. The molecule has 0 aliphatic rings. The van der Waals surface area contributed by atoms with Gasteiger partial charge in [-0.05, 0) is 30.2 Å². The highest BCUT2D eigenvalue weighted by molar-refractivity contribution is 6.33. The van der Waals surface area contributed by atoms with E-state index in [-0.39, 0.29) is 22.5 Å². The molecule has 0 saturated carbocycles. The average Bonchev–Trinajstić information content (AvgIpc) is 2.45. The van der Waals surface area contributed by atoms with Crippen LogP contribution in [0.4, 0.5) is 4.39 Å². The highest BCUT2D eigenvalue weighted by atomic mass is 35.5. The normalized spacial score (nSPS) is 11.9. The summed E-state index contributed by atoms with van der Waals surface area (Å²) >= 11 is 5.90. The Morgan fingerprint density at radius 1 is 1.25 bits per heavy atom. The summed E-state index contributed by atoms with van der Waals surface area (Å²) in [5.41, 5.74) is 1.31. The highest BCUT2D eigenvalue weighted by Gasteiger charge is 2.16. The number of rotatable bonds is 4. The van der Waals surface area contributed by atoms with Crippen molar-refractivity contribution < 1.29 is 9.18 Å². The van der Waals surface area contributed by atoms with Gasteiger partial charge in [-0.2, -0.15) is 0 Å². The fraction of sp³-hybridized carbons (Fsp3) is 0.188. The fourth-order valence-electron chi connectivity index (χ4n) is 2.02. The maximum absolute atomic E-state index is 13.0. The topological polar surface area (TPSA) is 29.1 Å². The molecule has 0 spiro atoms. The molecular weight excluding hydrogens is 277 g/mol. The maximum Gasteiger partial charge on any atom is 0.253 e. The molecule has 2 aromatic rings. The van der Waals surface area contributed by atoms with E-state index in [0.29, 0.717) is 0 Å². The minimum atomic E-state index is -0.457. The molecule has 104 valence electrons. The molecule has 1 N–H and O–H groups in total. The van der Waals surface area contributed by atoms with Gasteiger partial charge in [-0.15, -0.1) is 0 Å². The van der Waals surface area contributed by atoms with E-state index in [1.807, 2.05) is 37.3 Å². The number of benzene rings is 2. The first kappa shape index (κ1) is 14.5. The van der Waals surface area contributed by atoms with E-state index in [9.17, 15) is 9.18 Å². The van der Waals surface area contributed by atoms with Gasteiger partial charge in [-0.25, -0.2) is 4.39 Å². The Hall–Kier alpha value is -1.87. The first-order valence-electron chi connectivity index (χ1n) is 6.42. The molecule has 0 aliphatic heterocycles. The van der Waals surface area contributed by atoms with Crippen molar-refractivity contribution in [2.75, 3.05) is 0 Å². The zero-order chi connectivity index (χ0) is 14.5. The Kier molecular flexibility index (Phi) is 4.74. The Morgan fingerprint density at radius 2 is 1.95 bits per heavy atom. The molecule has 0 saturated heterocycles. The van der Waals surface area contributed by atoms with E-state index in [4.69, 9.17) is 11.6 Å². The monoisotopic (exact) mass is 291 g/mol. The summed E-state index contributed by atoms with van der Waals surface area (Å²) in [5.74, 6) is -0.757. The first-order valence-corrected chi connectivity index (χ1v) is 6.80. The van der Waals surface area contributed by atoms with Crippen molar-refractivity contribution >= 4 is 17.5 Å². The summed E-state index contributed by atoms with van der Waals surface area (Å²) in [6, 6.07) is 13.4. The molecule has 0 unspecified atom stereocenters. The van der Waals surface area contributed by atoms with Gasteiger partial charge < -0.3 is 5.32 Å². The van der Waals surface area contributed by atoms with E-state index in [1.165, 1.54) is 12.1 Å². The van der Waals surface area contributed by atoms with E-state index >= 15 is 0 Å². The summed E-state index contributed by atoms with van der Waals surface area (Å²) in [6.45, 7) is 1.99. The van der Waals surface area contributed by atoms with Crippen LogP contribution >= 0.6 is 11.6 Å². The second-order valence-electron chi connectivity index (χ2n) is 4.47. The van der Waals surface area contributed by atoms with Crippen molar-refractivity contribution in [3.63, 3.8) is 0 Å². The summed E-state index contributed by atoms with van der Waals surface area (Å²) in [5, 5.41) is 3.03. The lowest BCUT2D eigenvalue weighted by Crippen LogP contribution is -2.28. The van der Waals surface area contributed by atoms with Crippen LogP contribution < -0.4 is 5.32 Å². The van der Waals surface area contributed by atoms with Gasteiger partial charge in [0.2, 0.25) is 0 Å². The Balaban J connectivity index is 2.17. The molecule has 0 fully saturated rings. The SMILES string of the molecule is CC[C@H](NC(=O)c1ccc(F)cc1Cl)c1ccccc1. The number of carbonyl (C=O) groups excluding carboxylic acids is 1. The molecule has 0 radical (unpaired) electrons. The van der Waals surface area contributed by atoms with Crippen molar-refractivity contribution in [1.29, 1.82) is 0 Å². The molecule has 2 rings (SSSR count). The zero-order valence-electron chi connectivity index (χ0n) is 11.1. The lowest BCUT2D eigenvalue weighted by Gasteiger charge is -2.17. The minimum Gasteiger partial charge on any atom is -0.345 e. The second-order valence-corrected chi connectivity index (χ2v) is 4.88. The quantitative estimate of drug-likeness (QED) is 0.891. The molecule has 2 aromatic carbocycles. The van der Waals surface area contributed by atoms with Gasteiger partial charge >= 0.3 is 0 Å². The van der Waals surface area contributed by atoms with Gasteiger partial charge in [0.15, 0.2) is 0 Å². The number of hydrogen-bond acceptors (Lipinski definition) is 1. The third-order valence-corrected chi connectivity index (χ3v) is 3.40. The van der Waals surface area contributed by atoms with Gasteiger partial charge in [0.1, 0.15) is 5.82 Å². The number of hydrogen-bond donors (Lipinski definition) is 1. The van der Waals surface area contributed by atoms with Gasteiger partial charge in [0.05, 0.1) is 16.6 Å². The van der Waals surface area contributed by atoms with Gasteiger partial charge in [0.25, 0.3) is 5.91 Å². The molecule has 0 bridgehead atoms. The summed E-state index contributed by atoms with van der Waals surface area (Å²) < 4.78 is 13.0. The molecule has 1 amide bonds. The molecular formula is C16H15ClFNO. The van der Waals surface area contributed by atoms with Crippen molar-refractivity contribution in [3.05, 3.63) is 70.5 Å². The minimum absolute atomic E-state index is 0.0928. The zero-order valence-corrected chi connectivity index (χ0v) is 11.8. The van der Waals surface area contributed by atoms with Crippen LogP contribution in [-0.4, -0.2) is 5.91 Å². The van der Waals surface area contributed by atoms with Crippen LogP contribution in [0.5, 0.6) is 0 Å². The molecule has 0 aliphatic carbocycles. The maximum atomic E-state index is 13.0. The summed E-state index contributed by atoms with van der Waals surface area (Å²) in [7, 11) is 0. The van der Waals surface area contributed by atoms with E-state index in [1.54, 1.807) is 0 Å².